The van der Waals surface area contributed by atoms with Gasteiger partial charge in [-0.1, -0.05) is 0 Å². The van der Waals surface area contributed by atoms with Gasteiger partial charge in [-0.2, -0.15) is 8.42 Å². The third-order valence-corrected chi connectivity index (χ3v) is 2.41. The van der Waals surface area contributed by atoms with Crippen molar-refractivity contribution in [2.24, 2.45) is 4.99 Å². The molecule has 1 aliphatic heterocycles. The highest BCUT2D eigenvalue weighted by Crippen LogP contribution is 2.10. The van der Waals surface area contributed by atoms with Crippen LogP contribution in [0, 0.1) is 0 Å². The minimum Gasteiger partial charge on any atom is -0.261 e. The zero-order chi connectivity index (χ0) is 11.0. The van der Waals surface area contributed by atoms with Crippen LogP contribution in [0.4, 0.5) is 0 Å². The molecule has 1 aliphatic carbocycles. The quantitative estimate of drug-likeness (QED) is 0.373. The van der Waals surface area contributed by atoms with Crippen LogP contribution in [-0.2, 0) is 19.9 Å². The Labute approximate surface area is 85.5 Å². The van der Waals surface area contributed by atoms with E-state index in [0.29, 0.717) is 0 Å². The van der Waals surface area contributed by atoms with E-state index in [0.717, 1.165) is 0 Å². The largest absolute Gasteiger partial charge is 0.338 e. The molecule has 0 N–H and O–H groups in total. The van der Waals surface area contributed by atoms with Crippen molar-refractivity contribution in [3.8, 4) is 0 Å². The number of nitrogens with zero attached hydrogens (tertiary/aromatic N) is 2. The summed E-state index contributed by atoms with van der Waals surface area (Å²) < 4.78 is 21.2. The molecule has 0 atom stereocenters. The zero-order valence-electron chi connectivity index (χ0n) is 7.17. The molecule has 0 saturated carbocycles. The predicted octanol–water partition coefficient (Wildman–Crippen LogP) is -1.40. The second-order valence-electron chi connectivity index (χ2n) is 2.72. The fraction of sp³-hybridized carbons (Fsp3) is 0. The molecule has 1 heterocycles. The van der Waals surface area contributed by atoms with E-state index >= 15 is 0 Å². The van der Waals surface area contributed by atoms with Crippen molar-refractivity contribution < 1.29 is 18.0 Å². The van der Waals surface area contributed by atoms with Gasteiger partial charge in [0.15, 0.2) is 0 Å². The Morgan fingerprint density at radius 3 is 2.47 bits per heavy atom. The first kappa shape index (κ1) is 9.53. The van der Waals surface area contributed by atoms with Crippen LogP contribution in [0.25, 0.3) is 0 Å². The Bertz CT molecular complexity index is 584. The molecule has 2 aliphatic rings. The lowest BCUT2D eigenvalue weighted by molar-refractivity contribution is -0.137. The van der Waals surface area contributed by atoms with Gasteiger partial charge in [0.2, 0.25) is 10.3 Å². The van der Waals surface area contributed by atoms with E-state index in [4.69, 9.17) is 0 Å². The molecule has 0 aromatic carbocycles. The lowest BCUT2D eigenvalue weighted by atomic mass is 10.1. The number of aliphatic imine (C=N–C) groups is 1. The maximum atomic E-state index is 10.9. The van der Waals surface area contributed by atoms with Gasteiger partial charge in [-0.05, 0) is 18.2 Å². The SMILES string of the molecule is O=C1[N]C2=CC(=S(=O)=O)C=CC2=NC1=O. The molecular formula is C8H3N2O4S. The highest BCUT2D eigenvalue weighted by molar-refractivity contribution is 7.73. The number of carbonyl (C=O) groups is 2. The van der Waals surface area contributed by atoms with Crippen molar-refractivity contribution in [3.05, 3.63) is 23.9 Å². The van der Waals surface area contributed by atoms with Gasteiger partial charge in [-0.15, -0.1) is 0 Å². The summed E-state index contributed by atoms with van der Waals surface area (Å²) in [7, 11) is -2.39. The highest BCUT2D eigenvalue weighted by Gasteiger charge is 2.26. The van der Waals surface area contributed by atoms with Crippen molar-refractivity contribution in [1.82, 2.24) is 5.32 Å². The van der Waals surface area contributed by atoms with Crippen LogP contribution >= 0.6 is 0 Å². The normalized spacial score (nSPS) is 19.1. The van der Waals surface area contributed by atoms with Crippen LogP contribution in [0.5, 0.6) is 0 Å². The molecule has 0 bridgehead atoms. The van der Waals surface area contributed by atoms with Crippen LogP contribution in [0.1, 0.15) is 0 Å². The van der Waals surface area contributed by atoms with Crippen molar-refractivity contribution >= 4 is 32.7 Å². The van der Waals surface area contributed by atoms with Gasteiger partial charge in [-0.3, -0.25) is 9.59 Å². The molecule has 2 rings (SSSR count). The van der Waals surface area contributed by atoms with Gasteiger partial charge >= 0.3 is 11.8 Å². The van der Waals surface area contributed by atoms with Gasteiger partial charge in [0.25, 0.3) is 0 Å². The van der Waals surface area contributed by atoms with E-state index in [1.54, 1.807) is 0 Å². The summed E-state index contributed by atoms with van der Waals surface area (Å²) >= 11 is 0. The van der Waals surface area contributed by atoms with Gasteiger partial charge in [-0.25, -0.2) is 10.3 Å². The van der Waals surface area contributed by atoms with Gasteiger partial charge in [0.05, 0.1) is 16.3 Å². The first-order chi connectivity index (χ1) is 7.08. The van der Waals surface area contributed by atoms with Crippen molar-refractivity contribution in [2.45, 2.75) is 0 Å². The molecule has 0 aromatic rings. The van der Waals surface area contributed by atoms with Crippen molar-refractivity contribution in [3.63, 3.8) is 0 Å². The van der Waals surface area contributed by atoms with Crippen molar-refractivity contribution in [2.75, 3.05) is 0 Å². The maximum absolute atomic E-state index is 10.9. The standard InChI is InChI=1S/C8H3N2O4S/c11-7-8(12)10-6-3-4(15(13)14)1-2-5(6)9-7/h1-3H. The van der Waals surface area contributed by atoms with E-state index < -0.39 is 22.1 Å². The van der Waals surface area contributed by atoms with Crippen LogP contribution in [0.2, 0.25) is 0 Å². The maximum Gasteiger partial charge on any atom is 0.338 e. The summed E-state index contributed by atoms with van der Waals surface area (Å²) in [6.45, 7) is 0. The number of hydrogen-bond donors (Lipinski definition) is 0. The molecule has 0 saturated heterocycles. The van der Waals surface area contributed by atoms with Crippen LogP contribution in [0.15, 0.2) is 28.9 Å². The van der Waals surface area contributed by atoms with Gasteiger partial charge in [0.1, 0.15) is 0 Å². The summed E-state index contributed by atoms with van der Waals surface area (Å²) in [4.78, 5) is 25.2. The Morgan fingerprint density at radius 1 is 1.07 bits per heavy atom. The Morgan fingerprint density at radius 2 is 1.80 bits per heavy atom. The average Bonchev–Trinajstić information content (AvgIpc) is 2.19. The monoisotopic (exact) mass is 223 g/mol. The average molecular weight is 223 g/mol. The van der Waals surface area contributed by atoms with E-state index in [-0.39, 0.29) is 16.3 Å². The minimum absolute atomic E-state index is 0.00477. The number of carbonyl (C=O) groups excluding carboxylic acids is 2. The molecule has 6 nitrogen and oxygen atoms in total. The summed E-state index contributed by atoms with van der Waals surface area (Å²) in [5.41, 5.74) is 0.301. The fourth-order valence-electron chi connectivity index (χ4n) is 1.11. The minimum atomic E-state index is -2.39. The molecule has 0 spiro atoms. The van der Waals surface area contributed by atoms with E-state index in [9.17, 15) is 18.0 Å². The van der Waals surface area contributed by atoms with Crippen molar-refractivity contribution in [1.29, 1.82) is 0 Å². The molecule has 1 radical (unpaired) electrons. The number of amides is 2. The van der Waals surface area contributed by atoms with Crippen LogP contribution in [0.3, 0.4) is 0 Å². The lowest BCUT2D eigenvalue weighted by Crippen LogP contribution is -2.33. The first-order valence-electron chi connectivity index (χ1n) is 3.83. The molecule has 15 heavy (non-hydrogen) atoms. The summed E-state index contributed by atoms with van der Waals surface area (Å²) in [5, 5.41) is 3.41. The fourth-order valence-corrected chi connectivity index (χ4v) is 1.49. The van der Waals surface area contributed by atoms with Gasteiger partial charge < -0.3 is 0 Å². The van der Waals surface area contributed by atoms with Crippen LogP contribution < -0.4 is 5.32 Å². The number of hydrogen-bond acceptors (Lipinski definition) is 4. The molecule has 0 fully saturated rings. The second-order valence-corrected chi connectivity index (χ2v) is 3.66. The van der Waals surface area contributed by atoms with E-state index in [2.05, 4.69) is 10.3 Å². The molecule has 7 heteroatoms. The van der Waals surface area contributed by atoms with E-state index in [1.807, 2.05) is 0 Å². The van der Waals surface area contributed by atoms with Crippen LogP contribution in [-0.4, -0.2) is 30.8 Å². The lowest BCUT2D eigenvalue weighted by Gasteiger charge is -2.12. The third kappa shape index (κ3) is 1.64. The predicted molar refractivity (Wildman–Crippen MR) is 50.7 cm³/mol. The van der Waals surface area contributed by atoms with E-state index in [1.165, 1.54) is 18.2 Å². The summed E-state index contributed by atoms with van der Waals surface area (Å²) in [6.07, 6.45) is 3.80. The Hall–Kier alpha value is -2.02. The molecule has 0 aromatic heterocycles. The molecule has 2 amide bonds. The zero-order valence-corrected chi connectivity index (χ0v) is 7.98. The summed E-state index contributed by atoms with van der Waals surface area (Å²) in [6, 6.07) is 0. The third-order valence-electron chi connectivity index (χ3n) is 1.77. The Kier molecular flexibility index (Phi) is 2.09. The number of fused-ring (bicyclic) bond motifs is 1. The Balaban J connectivity index is 2.57. The molecule has 75 valence electrons. The number of rotatable bonds is 0. The second kappa shape index (κ2) is 3.28. The first-order valence-corrected chi connectivity index (χ1v) is 4.90. The molecule has 0 unspecified atom stereocenters. The topological polar surface area (TPSA) is 94.7 Å². The smallest absolute Gasteiger partial charge is 0.261 e. The molecular weight excluding hydrogens is 220 g/mol. The highest BCUT2D eigenvalue weighted by atomic mass is 32.2. The summed E-state index contributed by atoms with van der Waals surface area (Å²) in [5.74, 6) is -1.94. The van der Waals surface area contributed by atoms with Gasteiger partial charge in [0, 0.05) is 0 Å². The number of allylic oxidation sites excluding steroid dienone is 3.